The first-order valence-electron chi connectivity index (χ1n) is 6.12. The predicted molar refractivity (Wildman–Crippen MR) is 81.0 cm³/mol. The van der Waals surface area contributed by atoms with Gasteiger partial charge in [0.15, 0.2) is 0 Å². The Morgan fingerprint density at radius 3 is 2.89 bits per heavy atom. The Balaban J connectivity index is 1.96. The first-order valence-corrected chi connectivity index (χ1v) is 8.22. The zero-order chi connectivity index (χ0) is 12.8. The molecule has 1 aliphatic rings. The van der Waals surface area contributed by atoms with Gasteiger partial charge in [-0.05, 0) is 30.7 Å². The molecule has 0 atom stereocenters. The normalized spacial score (nSPS) is 15.8. The van der Waals surface area contributed by atoms with E-state index < -0.39 is 0 Å². The van der Waals surface area contributed by atoms with E-state index in [1.807, 2.05) is 35.7 Å². The van der Waals surface area contributed by atoms with E-state index in [9.17, 15) is 4.79 Å². The van der Waals surface area contributed by atoms with Crippen molar-refractivity contribution in [1.29, 1.82) is 0 Å². The van der Waals surface area contributed by atoms with Crippen LogP contribution in [0.2, 0.25) is 0 Å². The molecule has 2 rings (SSSR count). The molecule has 0 saturated carbocycles. The molecule has 1 amide bonds. The van der Waals surface area contributed by atoms with Crippen LogP contribution in [0.3, 0.4) is 0 Å². The monoisotopic (exact) mass is 282 g/mol. The highest BCUT2D eigenvalue weighted by Crippen LogP contribution is 2.45. The topological polar surface area (TPSA) is 55.1 Å². The minimum Gasteiger partial charge on any atom is -0.330 e. The van der Waals surface area contributed by atoms with Gasteiger partial charge in [0.05, 0.1) is 4.58 Å². The van der Waals surface area contributed by atoms with Gasteiger partial charge in [-0.1, -0.05) is 12.1 Å². The molecule has 0 aliphatic carbocycles. The lowest BCUT2D eigenvalue weighted by atomic mass is 10.2. The lowest BCUT2D eigenvalue weighted by molar-refractivity contribution is -0.116. The number of rotatable bonds is 5. The third-order valence-electron chi connectivity index (χ3n) is 2.67. The average molecular weight is 282 g/mol. The van der Waals surface area contributed by atoms with E-state index in [4.69, 9.17) is 5.73 Å². The molecule has 1 heterocycles. The number of benzene rings is 1. The van der Waals surface area contributed by atoms with E-state index in [1.165, 1.54) is 17.1 Å². The number of thioether (sulfide) groups is 2. The average Bonchev–Trinajstić information content (AvgIpc) is 2.90. The molecule has 3 N–H and O–H groups in total. The summed E-state index contributed by atoms with van der Waals surface area (Å²) < 4.78 is 0.519. The molecule has 98 valence electrons. The molecule has 0 radical (unpaired) electrons. The van der Waals surface area contributed by atoms with E-state index in [1.54, 1.807) is 0 Å². The Hall–Kier alpha value is -0.650. The van der Waals surface area contributed by atoms with Crippen molar-refractivity contribution < 1.29 is 4.79 Å². The van der Waals surface area contributed by atoms with Gasteiger partial charge >= 0.3 is 0 Å². The summed E-state index contributed by atoms with van der Waals surface area (Å²) in [6.07, 6.45) is 1.23. The summed E-state index contributed by atoms with van der Waals surface area (Å²) in [4.78, 5) is 11.6. The van der Waals surface area contributed by atoms with Crippen LogP contribution in [0.4, 0.5) is 5.69 Å². The molecule has 0 aromatic heterocycles. The molecular formula is C13H18N2OS2. The van der Waals surface area contributed by atoms with Crippen molar-refractivity contribution in [3.63, 3.8) is 0 Å². The van der Waals surface area contributed by atoms with Crippen LogP contribution in [0.15, 0.2) is 24.3 Å². The summed E-state index contributed by atoms with van der Waals surface area (Å²) in [5.41, 5.74) is 7.57. The van der Waals surface area contributed by atoms with Crippen LogP contribution in [0.1, 0.15) is 23.0 Å². The van der Waals surface area contributed by atoms with Crippen LogP contribution in [-0.4, -0.2) is 24.0 Å². The zero-order valence-corrected chi connectivity index (χ0v) is 11.9. The van der Waals surface area contributed by atoms with Gasteiger partial charge in [-0.3, -0.25) is 4.79 Å². The fourth-order valence-corrected chi connectivity index (χ4v) is 4.64. The van der Waals surface area contributed by atoms with E-state index in [-0.39, 0.29) is 5.91 Å². The SMILES string of the molecule is NCCCC(=O)Nc1cccc(C2SCCS2)c1. The van der Waals surface area contributed by atoms with Crippen molar-refractivity contribution >= 4 is 35.1 Å². The number of nitrogens with one attached hydrogen (secondary N) is 1. The number of carbonyl (C=O) groups excluding carboxylic acids is 1. The number of carbonyl (C=O) groups is 1. The maximum Gasteiger partial charge on any atom is 0.224 e. The van der Waals surface area contributed by atoms with Crippen LogP contribution in [0, 0.1) is 0 Å². The fourth-order valence-electron chi connectivity index (χ4n) is 1.80. The van der Waals surface area contributed by atoms with Gasteiger partial charge in [-0.25, -0.2) is 0 Å². The van der Waals surface area contributed by atoms with E-state index in [0.29, 0.717) is 17.5 Å². The number of amides is 1. The van der Waals surface area contributed by atoms with Crippen molar-refractivity contribution in [3.05, 3.63) is 29.8 Å². The number of nitrogens with two attached hydrogens (primary N) is 1. The van der Waals surface area contributed by atoms with Crippen molar-refractivity contribution in [3.8, 4) is 0 Å². The van der Waals surface area contributed by atoms with Crippen molar-refractivity contribution in [2.45, 2.75) is 17.4 Å². The second kappa shape index (κ2) is 7.07. The highest BCUT2D eigenvalue weighted by Gasteiger charge is 2.18. The third-order valence-corrected chi connectivity index (χ3v) is 5.78. The summed E-state index contributed by atoms with van der Waals surface area (Å²) in [7, 11) is 0. The Labute approximate surface area is 116 Å². The minimum absolute atomic E-state index is 0.0457. The summed E-state index contributed by atoms with van der Waals surface area (Å²) in [6, 6.07) is 8.16. The van der Waals surface area contributed by atoms with Crippen molar-refractivity contribution in [2.75, 3.05) is 23.4 Å². The number of hydrogen-bond acceptors (Lipinski definition) is 4. The number of anilines is 1. The van der Waals surface area contributed by atoms with Gasteiger partial charge in [0, 0.05) is 23.6 Å². The van der Waals surface area contributed by atoms with Crippen molar-refractivity contribution in [2.24, 2.45) is 5.73 Å². The van der Waals surface area contributed by atoms with Gasteiger partial charge in [-0.15, -0.1) is 23.5 Å². The van der Waals surface area contributed by atoms with Gasteiger partial charge in [0.25, 0.3) is 0 Å². The van der Waals surface area contributed by atoms with Gasteiger partial charge in [-0.2, -0.15) is 0 Å². The van der Waals surface area contributed by atoms with E-state index in [2.05, 4.69) is 17.4 Å². The molecule has 5 heteroatoms. The lowest BCUT2D eigenvalue weighted by Crippen LogP contribution is -2.13. The highest BCUT2D eigenvalue weighted by molar-refractivity contribution is 8.19. The Morgan fingerprint density at radius 1 is 1.39 bits per heavy atom. The van der Waals surface area contributed by atoms with Crippen LogP contribution in [-0.2, 0) is 4.79 Å². The van der Waals surface area contributed by atoms with Crippen LogP contribution in [0.25, 0.3) is 0 Å². The van der Waals surface area contributed by atoms with Crippen molar-refractivity contribution in [1.82, 2.24) is 0 Å². The first kappa shape index (κ1) is 13.8. The maximum absolute atomic E-state index is 11.6. The summed E-state index contributed by atoms with van der Waals surface area (Å²) in [5, 5.41) is 2.93. The molecule has 1 fully saturated rings. The second-order valence-corrected chi connectivity index (χ2v) is 6.86. The van der Waals surface area contributed by atoms with E-state index in [0.717, 1.165) is 12.1 Å². The predicted octanol–water partition coefficient (Wildman–Crippen LogP) is 2.84. The smallest absolute Gasteiger partial charge is 0.224 e. The van der Waals surface area contributed by atoms with Gasteiger partial charge in [0.1, 0.15) is 0 Å². The van der Waals surface area contributed by atoms with Crippen LogP contribution in [0.5, 0.6) is 0 Å². The molecule has 1 aromatic carbocycles. The molecule has 3 nitrogen and oxygen atoms in total. The summed E-state index contributed by atoms with van der Waals surface area (Å²) in [5.74, 6) is 2.47. The maximum atomic E-state index is 11.6. The molecule has 0 spiro atoms. The molecule has 18 heavy (non-hydrogen) atoms. The van der Waals surface area contributed by atoms with Gasteiger partial charge < -0.3 is 11.1 Å². The molecule has 1 aliphatic heterocycles. The van der Waals surface area contributed by atoms with Gasteiger partial charge in [0.2, 0.25) is 5.91 Å². The Kier molecular flexibility index (Phi) is 5.41. The molecule has 0 bridgehead atoms. The molecule has 1 aromatic rings. The van der Waals surface area contributed by atoms with E-state index >= 15 is 0 Å². The first-order chi connectivity index (χ1) is 8.79. The fraction of sp³-hybridized carbons (Fsp3) is 0.462. The molecule has 1 saturated heterocycles. The van der Waals surface area contributed by atoms with Crippen LogP contribution < -0.4 is 11.1 Å². The van der Waals surface area contributed by atoms with Crippen LogP contribution >= 0.6 is 23.5 Å². The standard InChI is InChI=1S/C13H18N2OS2/c14-6-2-5-12(16)15-11-4-1-3-10(9-11)13-17-7-8-18-13/h1,3-4,9,13H,2,5-8,14H2,(H,15,16). The highest BCUT2D eigenvalue weighted by atomic mass is 32.2. The summed E-state index contributed by atoms with van der Waals surface area (Å²) >= 11 is 3.94. The molecular weight excluding hydrogens is 264 g/mol. The lowest BCUT2D eigenvalue weighted by Gasteiger charge is -2.11. The Bertz CT molecular complexity index is 406. The third kappa shape index (κ3) is 3.93. The largest absolute Gasteiger partial charge is 0.330 e. The quantitative estimate of drug-likeness (QED) is 0.872. The minimum atomic E-state index is 0.0457. The number of hydrogen-bond donors (Lipinski definition) is 2. The summed E-state index contributed by atoms with van der Waals surface area (Å²) in [6.45, 7) is 0.558. The second-order valence-electron chi connectivity index (χ2n) is 4.14. The Morgan fingerprint density at radius 2 is 2.17 bits per heavy atom. The zero-order valence-electron chi connectivity index (χ0n) is 10.2. The molecule has 0 unspecified atom stereocenters.